The van der Waals surface area contributed by atoms with Gasteiger partial charge in [-0.1, -0.05) is 41.4 Å². The Kier molecular flexibility index (Phi) is 5.67. The summed E-state index contributed by atoms with van der Waals surface area (Å²) in [6.07, 6.45) is 3.82. The summed E-state index contributed by atoms with van der Waals surface area (Å²) in [7, 11) is 0. The predicted octanol–water partition coefficient (Wildman–Crippen LogP) is 3.41. The van der Waals surface area contributed by atoms with E-state index in [0.717, 1.165) is 11.0 Å². The summed E-state index contributed by atoms with van der Waals surface area (Å²) in [6.45, 7) is 6.91. The Balaban J connectivity index is 1.92. The van der Waals surface area contributed by atoms with Crippen LogP contribution in [0.4, 0.5) is 0 Å². The zero-order chi connectivity index (χ0) is 12.8. The predicted molar refractivity (Wildman–Crippen MR) is 80.7 cm³/mol. The number of benzene rings is 1. The SMILES string of the molecule is CCCC1CN(Cc2ccc(Br)cc2)CCCN1. The Morgan fingerprint density at radius 3 is 2.83 bits per heavy atom. The maximum Gasteiger partial charge on any atom is 0.0234 e. The molecule has 0 aliphatic carbocycles. The molecular weight excluding hydrogens is 288 g/mol. The number of hydrogen-bond donors (Lipinski definition) is 1. The van der Waals surface area contributed by atoms with Crippen molar-refractivity contribution in [2.24, 2.45) is 0 Å². The van der Waals surface area contributed by atoms with Crippen LogP contribution in [0.3, 0.4) is 0 Å². The first-order chi connectivity index (χ1) is 8.78. The molecule has 0 aromatic heterocycles. The molecule has 2 rings (SSSR count). The van der Waals surface area contributed by atoms with Gasteiger partial charge in [0, 0.05) is 23.6 Å². The lowest BCUT2D eigenvalue weighted by Gasteiger charge is -2.24. The zero-order valence-corrected chi connectivity index (χ0v) is 12.7. The van der Waals surface area contributed by atoms with E-state index in [0.29, 0.717) is 6.04 Å². The molecule has 0 radical (unpaired) electrons. The minimum absolute atomic E-state index is 0.674. The maximum atomic E-state index is 3.66. The molecule has 0 bridgehead atoms. The fourth-order valence-corrected chi connectivity index (χ4v) is 2.87. The fraction of sp³-hybridized carbons (Fsp3) is 0.600. The lowest BCUT2D eigenvalue weighted by atomic mass is 10.1. The van der Waals surface area contributed by atoms with Crippen LogP contribution in [0, 0.1) is 0 Å². The molecule has 100 valence electrons. The second-order valence-corrected chi connectivity index (χ2v) is 6.07. The molecule has 0 amide bonds. The minimum atomic E-state index is 0.674. The molecule has 1 aliphatic rings. The van der Waals surface area contributed by atoms with Gasteiger partial charge in [0.05, 0.1) is 0 Å². The van der Waals surface area contributed by atoms with Crippen LogP contribution < -0.4 is 5.32 Å². The molecule has 1 unspecified atom stereocenters. The summed E-state index contributed by atoms with van der Waals surface area (Å²) in [5, 5.41) is 3.66. The van der Waals surface area contributed by atoms with Crippen LogP contribution in [0.1, 0.15) is 31.7 Å². The van der Waals surface area contributed by atoms with Gasteiger partial charge in [-0.3, -0.25) is 4.90 Å². The molecule has 2 nitrogen and oxygen atoms in total. The van der Waals surface area contributed by atoms with Crippen molar-refractivity contribution in [2.45, 2.75) is 38.8 Å². The van der Waals surface area contributed by atoms with Crippen LogP contribution in [-0.2, 0) is 6.54 Å². The number of nitrogens with one attached hydrogen (secondary N) is 1. The van der Waals surface area contributed by atoms with Gasteiger partial charge in [-0.15, -0.1) is 0 Å². The summed E-state index contributed by atoms with van der Waals surface area (Å²) < 4.78 is 1.16. The first-order valence-electron chi connectivity index (χ1n) is 6.98. The van der Waals surface area contributed by atoms with E-state index in [1.54, 1.807) is 0 Å². The topological polar surface area (TPSA) is 15.3 Å². The Morgan fingerprint density at radius 2 is 2.11 bits per heavy atom. The standard InChI is InChI=1S/C15H23BrN2/c1-2-4-15-12-18(10-3-9-17-15)11-13-5-7-14(16)8-6-13/h5-8,15,17H,2-4,9-12H2,1H3. The minimum Gasteiger partial charge on any atom is -0.313 e. The maximum absolute atomic E-state index is 3.66. The molecule has 1 heterocycles. The van der Waals surface area contributed by atoms with E-state index in [9.17, 15) is 0 Å². The molecule has 18 heavy (non-hydrogen) atoms. The molecule has 3 heteroatoms. The Bertz CT molecular complexity index is 350. The molecule has 1 aromatic carbocycles. The summed E-state index contributed by atoms with van der Waals surface area (Å²) >= 11 is 3.49. The van der Waals surface area contributed by atoms with Crippen LogP contribution in [0.15, 0.2) is 28.7 Å². The normalized spacial score (nSPS) is 21.8. The molecule has 0 saturated carbocycles. The van der Waals surface area contributed by atoms with Gasteiger partial charge in [-0.05, 0) is 43.6 Å². The van der Waals surface area contributed by atoms with Crippen molar-refractivity contribution < 1.29 is 0 Å². The van der Waals surface area contributed by atoms with Crippen LogP contribution in [0.2, 0.25) is 0 Å². The van der Waals surface area contributed by atoms with Crippen molar-refractivity contribution in [3.8, 4) is 0 Å². The van der Waals surface area contributed by atoms with Crippen LogP contribution in [-0.4, -0.2) is 30.6 Å². The highest BCUT2D eigenvalue weighted by atomic mass is 79.9. The Hall–Kier alpha value is -0.380. The van der Waals surface area contributed by atoms with Gasteiger partial charge in [0.15, 0.2) is 0 Å². The third kappa shape index (κ3) is 4.38. The van der Waals surface area contributed by atoms with Gasteiger partial charge in [0.1, 0.15) is 0 Å². The monoisotopic (exact) mass is 310 g/mol. The Labute approximate surface area is 119 Å². The van der Waals surface area contributed by atoms with Crippen molar-refractivity contribution in [3.63, 3.8) is 0 Å². The van der Waals surface area contributed by atoms with E-state index < -0.39 is 0 Å². The quantitative estimate of drug-likeness (QED) is 0.917. The van der Waals surface area contributed by atoms with Gasteiger partial charge >= 0.3 is 0 Å². The highest BCUT2D eigenvalue weighted by molar-refractivity contribution is 9.10. The van der Waals surface area contributed by atoms with E-state index >= 15 is 0 Å². The average molecular weight is 311 g/mol. The summed E-state index contributed by atoms with van der Waals surface area (Å²) in [4.78, 5) is 2.59. The van der Waals surface area contributed by atoms with Crippen molar-refractivity contribution >= 4 is 15.9 Å². The molecule has 1 aliphatic heterocycles. The van der Waals surface area contributed by atoms with Gasteiger partial charge in [0.2, 0.25) is 0 Å². The van der Waals surface area contributed by atoms with Crippen molar-refractivity contribution in [1.82, 2.24) is 10.2 Å². The van der Waals surface area contributed by atoms with E-state index in [1.165, 1.54) is 44.5 Å². The van der Waals surface area contributed by atoms with Crippen molar-refractivity contribution in [1.29, 1.82) is 0 Å². The first-order valence-corrected chi connectivity index (χ1v) is 7.77. The van der Waals surface area contributed by atoms with Crippen molar-refractivity contribution in [2.75, 3.05) is 19.6 Å². The van der Waals surface area contributed by atoms with E-state index in [4.69, 9.17) is 0 Å². The van der Waals surface area contributed by atoms with Crippen molar-refractivity contribution in [3.05, 3.63) is 34.3 Å². The van der Waals surface area contributed by atoms with Gasteiger partial charge in [-0.2, -0.15) is 0 Å². The Morgan fingerprint density at radius 1 is 1.33 bits per heavy atom. The van der Waals surface area contributed by atoms with Crippen LogP contribution in [0.5, 0.6) is 0 Å². The second-order valence-electron chi connectivity index (χ2n) is 5.15. The molecule has 0 spiro atoms. The smallest absolute Gasteiger partial charge is 0.0234 e. The third-order valence-corrected chi connectivity index (χ3v) is 4.05. The average Bonchev–Trinajstić information content (AvgIpc) is 2.58. The molecule has 1 saturated heterocycles. The third-order valence-electron chi connectivity index (χ3n) is 3.52. The summed E-state index contributed by atoms with van der Waals surface area (Å²) in [6, 6.07) is 9.38. The highest BCUT2D eigenvalue weighted by Gasteiger charge is 2.16. The lowest BCUT2D eigenvalue weighted by Crippen LogP contribution is -2.37. The molecule has 1 fully saturated rings. The largest absolute Gasteiger partial charge is 0.313 e. The zero-order valence-electron chi connectivity index (χ0n) is 11.2. The van der Waals surface area contributed by atoms with Crippen LogP contribution in [0.25, 0.3) is 0 Å². The second kappa shape index (κ2) is 7.27. The van der Waals surface area contributed by atoms with E-state index in [2.05, 4.69) is 57.3 Å². The highest BCUT2D eigenvalue weighted by Crippen LogP contribution is 2.14. The molecule has 1 atom stereocenters. The molecular formula is C15H23BrN2. The molecule has 1 aromatic rings. The van der Waals surface area contributed by atoms with E-state index in [-0.39, 0.29) is 0 Å². The van der Waals surface area contributed by atoms with Gasteiger partial charge < -0.3 is 5.32 Å². The number of nitrogens with zero attached hydrogens (tertiary/aromatic N) is 1. The van der Waals surface area contributed by atoms with Gasteiger partial charge in [0.25, 0.3) is 0 Å². The molecule has 1 N–H and O–H groups in total. The van der Waals surface area contributed by atoms with Crippen LogP contribution >= 0.6 is 15.9 Å². The number of hydrogen-bond acceptors (Lipinski definition) is 2. The van der Waals surface area contributed by atoms with E-state index in [1.807, 2.05) is 0 Å². The summed E-state index contributed by atoms with van der Waals surface area (Å²) in [5.74, 6) is 0. The number of halogens is 1. The number of rotatable bonds is 4. The lowest BCUT2D eigenvalue weighted by molar-refractivity contribution is 0.255. The fourth-order valence-electron chi connectivity index (χ4n) is 2.61. The summed E-state index contributed by atoms with van der Waals surface area (Å²) in [5.41, 5.74) is 1.41. The van der Waals surface area contributed by atoms with Gasteiger partial charge in [-0.25, -0.2) is 0 Å². The first kappa shape index (κ1) is 14.0.